The maximum Gasteiger partial charge on any atom is 0.249 e. The summed E-state index contributed by atoms with van der Waals surface area (Å²) < 4.78 is 58.6. The van der Waals surface area contributed by atoms with E-state index in [0.29, 0.717) is 36.2 Å². The van der Waals surface area contributed by atoms with Gasteiger partial charge in [0.1, 0.15) is 21.4 Å². The molecule has 1 N–H and O–H groups in total. The lowest BCUT2D eigenvalue weighted by Crippen LogP contribution is -2.57. The van der Waals surface area contributed by atoms with Crippen molar-refractivity contribution in [1.29, 1.82) is 0 Å². The molecule has 10 nitrogen and oxygen atoms in total. The molecule has 6 rings (SSSR count). The second-order valence-corrected chi connectivity index (χ2v) is 14.5. The third-order valence-corrected chi connectivity index (χ3v) is 9.60. The first-order chi connectivity index (χ1) is 20.2. The number of aryl methyl sites for hydroxylation is 1. The first kappa shape index (κ1) is 29.2. The molecule has 1 aliphatic heterocycles. The summed E-state index contributed by atoms with van der Waals surface area (Å²) in [7, 11) is -1.51. The second-order valence-electron chi connectivity index (χ2n) is 12.3. The summed E-state index contributed by atoms with van der Waals surface area (Å²) in [6.07, 6.45) is 6.02. The normalized spacial score (nSPS) is 20.9. The molecular formula is C30H35F2N7O3S. The molecule has 0 radical (unpaired) electrons. The largest absolute Gasteiger partial charge is 0.496 e. The molecular weight excluding hydrogens is 576 g/mol. The van der Waals surface area contributed by atoms with E-state index in [0.717, 1.165) is 27.8 Å². The maximum atomic E-state index is 13.7. The van der Waals surface area contributed by atoms with Gasteiger partial charge in [0.25, 0.3) is 0 Å². The summed E-state index contributed by atoms with van der Waals surface area (Å²) in [6, 6.07) is 7.50. The Bertz CT molecular complexity index is 1800. The number of aromatic nitrogens is 5. The number of alkyl halides is 2. The van der Waals surface area contributed by atoms with Crippen molar-refractivity contribution in [1.82, 2.24) is 24.7 Å². The SMILES string of the molecule is COc1ccncc1-c1cc2c(cnn2-c2cc(N3C[C@H](CS(C)(=O)=O)[C@H]3C)cc(NCC3(C)CC(F)(F)C3)n2)c(C)n1. The first-order valence-corrected chi connectivity index (χ1v) is 16.2. The van der Waals surface area contributed by atoms with Gasteiger partial charge in [-0.1, -0.05) is 6.92 Å². The number of hydrogen-bond donors (Lipinski definition) is 1. The molecule has 228 valence electrons. The molecule has 4 aromatic heterocycles. The fourth-order valence-corrected chi connectivity index (χ4v) is 7.51. The molecule has 0 spiro atoms. The molecule has 13 heteroatoms. The molecule has 0 aromatic carbocycles. The minimum atomic E-state index is -3.11. The lowest BCUT2D eigenvalue weighted by molar-refractivity contribution is -0.148. The first-order valence-electron chi connectivity index (χ1n) is 14.2. The van der Waals surface area contributed by atoms with E-state index in [1.54, 1.807) is 36.4 Å². The van der Waals surface area contributed by atoms with Crippen molar-refractivity contribution in [2.75, 3.05) is 42.4 Å². The number of rotatable bonds is 9. The lowest BCUT2D eigenvalue weighted by Gasteiger charge is -2.48. The number of methoxy groups -OCH3 is 1. The summed E-state index contributed by atoms with van der Waals surface area (Å²) in [6.45, 7) is 6.69. The third-order valence-electron chi connectivity index (χ3n) is 8.57. The van der Waals surface area contributed by atoms with Crippen molar-refractivity contribution >= 4 is 32.2 Å². The Kier molecular flexibility index (Phi) is 7.06. The van der Waals surface area contributed by atoms with Gasteiger partial charge >= 0.3 is 0 Å². The number of pyridine rings is 3. The number of ether oxygens (including phenoxy) is 1. The van der Waals surface area contributed by atoms with Crippen molar-refractivity contribution in [3.8, 4) is 22.8 Å². The topological polar surface area (TPSA) is 115 Å². The Morgan fingerprint density at radius 1 is 1.16 bits per heavy atom. The summed E-state index contributed by atoms with van der Waals surface area (Å²) in [4.78, 5) is 16.0. The van der Waals surface area contributed by atoms with E-state index in [1.807, 2.05) is 39.0 Å². The summed E-state index contributed by atoms with van der Waals surface area (Å²) >= 11 is 0. The Labute approximate surface area is 249 Å². The van der Waals surface area contributed by atoms with Crippen molar-refractivity contribution in [2.45, 2.75) is 45.6 Å². The van der Waals surface area contributed by atoms with Crippen LogP contribution < -0.4 is 15.0 Å². The third kappa shape index (κ3) is 5.74. The fourth-order valence-electron chi connectivity index (χ4n) is 6.35. The van der Waals surface area contributed by atoms with Gasteiger partial charge in [-0.15, -0.1) is 0 Å². The van der Waals surface area contributed by atoms with E-state index in [1.165, 1.54) is 6.26 Å². The van der Waals surface area contributed by atoms with Crippen LogP contribution in [0.2, 0.25) is 0 Å². The van der Waals surface area contributed by atoms with Crippen molar-refractivity contribution < 1.29 is 21.9 Å². The van der Waals surface area contributed by atoms with Crippen molar-refractivity contribution in [2.24, 2.45) is 11.3 Å². The van der Waals surface area contributed by atoms with E-state index in [9.17, 15) is 17.2 Å². The quantitative estimate of drug-likeness (QED) is 0.282. The van der Waals surface area contributed by atoms with Gasteiger partial charge in [0.15, 0.2) is 5.82 Å². The molecule has 2 atom stereocenters. The number of nitrogens with zero attached hydrogens (tertiary/aromatic N) is 6. The smallest absolute Gasteiger partial charge is 0.249 e. The monoisotopic (exact) mass is 611 g/mol. The number of anilines is 2. The molecule has 0 amide bonds. The predicted molar refractivity (Wildman–Crippen MR) is 162 cm³/mol. The molecule has 1 saturated carbocycles. The number of hydrogen-bond acceptors (Lipinski definition) is 9. The van der Waals surface area contributed by atoms with Gasteiger partial charge < -0.3 is 15.0 Å². The highest BCUT2D eigenvalue weighted by atomic mass is 32.2. The average Bonchev–Trinajstić information content (AvgIpc) is 3.37. The summed E-state index contributed by atoms with van der Waals surface area (Å²) in [5.41, 5.74) is 3.27. The van der Waals surface area contributed by atoms with Crippen LogP contribution in [0.3, 0.4) is 0 Å². The predicted octanol–water partition coefficient (Wildman–Crippen LogP) is 4.91. The van der Waals surface area contributed by atoms with Gasteiger partial charge in [0, 0.05) is 85.4 Å². The highest BCUT2D eigenvalue weighted by Crippen LogP contribution is 2.51. The van der Waals surface area contributed by atoms with Gasteiger partial charge in [0.2, 0.25) is 5.92 Å². The van der Waals surface area contributed by atoms with Crippen LogP contribution in [0.4, 0.5) is 20.3 Å². The van der Waals surface area contributed by atoms with Crippen LogP contribution in [0.25, 0.3) is 28.0 Å². The van der Waals surface area contributed by atoms with Gasteiger partial charge in [-0.3, -0.25) is 9.97 Å². The molecule has 2 aliphatic rings. The van der Waals surface area contributed by atoms with Crippen LogP contribution in [0.1, 0.15) is 32.4 Å². The van der Waals surface area contributed by atoms with Crippen LogP contribution in [-0.2, 0) is 9.84 Å². The molecule has 1 saturated heterocycles. The molecule has 43 heavy (non-hydrogen) atoms. The van der Waals surface area contributed by atoms with Crippen molar-refractivity contribution in [3.63, 3.8) is 0 Å². The Hall–Kier alpha value is -3.87. The van der Waals surface area contributed by atoms with E-state index in [4.69, 9.17) is 14.7 Å². The number of halogens is 2. The minimum Gasteiger partial charge on any atom is -0.496 e. The van der Waals surface area contributed by atoms with Crippen molar-refractivity contribution in [3.05, 3.63) is 48.5 Å². The van der Waals surface area contributed by atoms with Gasteiger partial charge in [-0.05, 0) is 31.4 Å². The number of fused-ring (bicyclic) bond motifs is 1. The van der Waals surface area contributed by atoms with Gasteiger partial charge in [-0.2, -0.15) is 5.10 Å². The standard InChI is InChI=1S/C30H35F2N7O3S/c1-18-22-12-35-39(25(22)10-24(36-18)23-11-33-7-6-26(23)42-4)28-9-21(38-13-20(19(38)2)14-43(5,40)41)8-27(37-28)34-17-29(3)15-30(31,32)16-29/h6-12,19-20H,13-17H2,1-5H3,(H,34,37)/t19-,20-/m1/s1. The highest BCUT2D eigenvalue weighted by Gasteiger charge is 2.53. The maximum absolute atomic E-state index is 13.7. The van der Waals surface area contributed by atoms with E-state index in [-0.39, 0.29) is 30.6 Å². The lowest BCUT2D eigenvalue weighted by atomic mass is 9.67. The average molecular weight is 612 g/mol. The molecule has 5 heterocycles. The van der Waals surface area contributed by atoms with Crippen LogP contribution >= 0.6 is 0 Å². The molecule has 0 unspecified atom stereocenters. The zero-order chi connectivity index (χ0) is 30.7. The zero-order valence-electron chi connectivity index (χ0n) is 24.8. The number of nitrogens with one attached hydrogen (secondary N) is 1. The summed E-state index contributed by atoms with van der Waals surface area (Å²) in [5.74, 6) is -0.789. The molecule has 2 fully saturated rings. The Morgan fingerprint density at radius 3 is 2.60 bits per heavy atom. The Morgan fingerprint density at radius 2 is 1.93 bits per heavy atom. The molecule has 4 aromatic rings. The highest BCUT2D eigenvalue weighted by molar-refractivity contribution is 7.90. The van der Waals surface area contributed by atoms with Crippen LogP contribution in [0.15, 0.2) is 42.9 Å². The van der Waals surface area contributed by atoms with E-state index < -0.39 is 21.2 Å². The molecule has 0 bridgehead atoms. The van der Waals surface area contributed by atoms with E-state index >= 15 is 0 Å². The fraction of sp³-hybridized carbons (Fsp3) is 0.467. The van der Waals surface area contributed by atoms with Crippen LogP contribution in [0, 0.1) is 18.3 Å². The van der Waals surface area contributed by atoms with Crippen LogP contribution in [0.5, 0.6) is 5.75 Å². The second kappa shape index (κ2) is 10.4. The van der Waals surface area contributed by atoms with Gasteiger partial charge in [0.05, 0.1) is 35.8 Å². The van der Waals surface area contributed by atoms with Gasteiger partial charge in [-0.25, -0.2) is 26.9 Å². The minimum absolute atomic E-state index is 0.00822. The zero-order valence-corrected chi connectivity index (χ0v) is 25.6. The summed E-state index contributed by atoms with van der Waals surface area (Å²) in [5, 5.41) is 8.82. The van der Waals surface area contributed by atoms with Crippen LogP contribution in [-0.4, -0.2) is 77.3 Å². The number of sulfone groups is 1. The molecule has 1 aliphatic carbocycles. The Balaban J connectivity index is 1.40. The van der Waals surface area contributed by atoms with E-state index in [2.05, 4.69) is 20.3 Å².